The molecule has 2 saturated heterocycles. The first-order valence-corrected chi connectivity index (χ1v) is 17.9. The molecule has 2 heterocycles. The van der Waals surface area contributed by atoms with Gasteiger partial charge in [0.25, 0.3) is 0 Å². The molecular weight excluding hydrogens is 615 g/mol. The highest BCUT2D eigenvalue weighted by Gasteiger charge is 2.81. The molecule has 0 N–H and O–H groups in total. The molecule has 3 aliphatic carbocycles. The zero-order chi connectivity index (χ0) is 28.3. The van der Waals surface area contributed by atoms with Crippen molar-refractivity contribution in [1.82, 2.24) is 4.90 Å². The lowest BCUT2D eigenvalue weighted by molar-refractivity contribution is -0.131. The van der Waals surface area contributed by atoms with Crippen LogP contribution in [0.1, 0.15) is 122 Å². The lowest BCUT2D eigenvalue weighted by Gasteiger charge is -2.37. The Morgan fingerprint density at radius 3 is 1.56 bits per heavy atom. The number of halogens is 6. The van der Waals surface area contributed by atoms with Crippen LogP contribution in [0.3, 0.4) is 0 Å². The summed E-state index contributed by atoms with van der Waals surface area (Å²) < 4.78 is -1.44. The Morgan fingerprint density at radius 1 is 0.692 bits per heavy atom. The van der Waals surface area contributed by atoms with Gasteiger partial charge in [-0.15, -0.1) is 23.2 Å². The first-order valence-electron chi connectivity index (χ1n) is 15.7. The monoisotopic (exact) mass is 659 g/mol. The number of allylic oxidation sites excluding steroid dienone is 2. The largest absolute Gasteiger partial charge is 0.342 e. The average molecular weight is 662 g/mol. The van der Waals surface area contributed by atoms with Crippen molar-refractivity contribution in [3.63, 3.8) is 0 Å². The Hall–Kier alpha value is 0.950. The van der Waals surface area contributed by atoms with Crippen LogP contribution in [-0.2, 0) is 4.79 Å². The summed E-state index contributed by atoms with van der Waals surface area (Å²) in [7, 11) is 0. The number of hydrogen-bond acceptors (Lipinski definition) is 1. The highest BCUT2D eigenvalue weighted by atomic mass is 35.5. The lowest BCUT2D eigenvalue weighted by Crippen LogP contribution is -2.44. The minimum absolute atomic E-state index is 0.00520. The van der Waals surface area contributed by atoms with E-state index in [1.165, 1.54) is 51.4 Å². The number of carbonyl (C=O) groups excluding carboxylic acids is 1. The van der Waals surface area contributed by atoms with Gasteiger partial charge < -0.3 is 4.90 Å². The molecule has 0 spiro atoms. The van der Waals surface area contributed by atoms with Gasteiger partial charge in [-0.3, -0.25) is 4.79 Å². The smallest absolute Gasteiger partial charge is 0.222 e. The van der Waals surface area contributed by atoms with Crippen molar-refractivity contribution in [1.29, 1.82) is 0 Å². The van der Waals surface area contributed by atoms with Crippen molar-refractivity contribution >= 4 is 75.5 Å². The third-order valence-electron chi connectivity index (χ3n) is 10.3. The van der Waals surface area contributed by atoms with E-state index in [9.17, 15) is 4.79 Å². The van der Waals surface area contributed by atoms with Crippen LogP contribution in [0.4, 0.5) is 0 Å². The SMILES string of the molecule is CCCCCCCC[C@H]1[C@@H](CCCCCCCC(=O)N2CC3CCC(CC3)C2)[C@]2(Cl)C(Cl)=C(Cl)[C@]1(Cl)C2(Cl)Cl. The highest BCUT2D eigenvalue weighted by molar-refractivity contribution is 6.65. The van der Waals surface area contributed by atoms with Gasteiger partial charge in [0.2, 0.25) is 5.91 Å². The molecule has 0 unspecified atom stereocenters. The summed E-state index contributed by atoms with van der Waals surface area (Å²) in [6.45, 7) is 4.21. The van der Waals surface area contributed by atoms with Crippen LogP contribution in [0.15, 0.2) is 10.1 Å². The van der Waals surface area contributed by atoms with E-state index in [1.54, 1.807) is 0 Å². The summed E-state index contributed by atoms with van der Waals surface area (Å²) in [6, 6.07) is 0. The van der Waals surface area contributed by atoms with Crippen LogP contribution >= 0.6 is 69.6 Å². The number of alkyl halides is 4. The number of fused-ring (bicyclic) bond motifs is 6. The Labute approximate surface area is 267 Å². The van der Waals surface area contributed by atoms with Crippen LogP contribution in [0.5, 0.6) is 0 Å². The zero-order valence-electron chi connectivity index (χ0n) is 23.6. The van der Waals surface area contributed by atoms with Crippen molar-refractivity contribution in [3.8, 4) is 0 Å². The van der Waals surface area contributed by atoms with E-state index in [2.05, 4.69) is 11.8 Å². The van der Waals surface area contributed by atoms with Gasteiger partial charge in [-0.2, -0.15) is 0 Å². The molecule has 5 rings (SSSR count). The van der Waals surface area contributed by atoms with E-state index in [1.807, 2.05) is 0 Å². The summed E-state index contributed by atoms with van der Waals surface area (Å²) in [5.74, 6) is 1.81. The molecule has 0 aromatic rings. The van der Waals surface area contributed by atoms with Crippen LogP contribution in [0.2, 0.25) is 0 Å². The fourth-order valence-electron chi connectivity index (χ4n) is 7.98. The van der Waals surface area contributed by atoms with E-state index < -0.39 is 14.1 Å². The standard InChI is InChI=1S/C31H47Cl6NO/c1-2-3-4-5-7-10-13-24-25(30(35)28(33)27(32)29(24,34)31(30,36)37)14-11-8-6-9-12-15-26(39)38-20-22-16-17-23(21-38)19-18-22/h22-25H,2-21H2,1H3/t22?,23?,24-,25+,29-,30-/m0/s1. The molecule has 5 aliphatic rings. The van der Waals surface area contributed by atoms with Crippen molar-refractivity contribution in [3.05, 3.63) is 10.1 Å². The van der Waals surface area contributed by atoms with E-state index in [0.29, 0.717) is 22.4 Å². The van der Waals surface area contributed by atoms with E-state index in [0.717, 1.165) is 82.7 Å². The topological polar surface area (TPSA) is 20.3 Å². The number of carbonyl (C=O) groups is 1. The molecule has 1 amide bonds. The maximum Gasteiger partial charge on any atom is 0.222 e. The second-order valence-electron chi connectivity index (χ2n) is 12.9. The van der Waals surface area contributed by atoms with Crippen molar-refractivity contribution in [2.75, 3.05) is 13.1 Å². The Morgan fingerprint density at radius 2 is 1.10 bits per heavy atom. The quantitative estimate of drug-likeness (QED) is 0.126. The lowest BCUT2D eigenvalue weighted by atomic mass is 9.76. The normalized spacial score (nSPS) is 35.2. The molecule has 2 saturated carbocycles. The fraction of sp³-hybridized carbons (Fsp3) is 0.903. The molecule has 0 aromatic carbocycles. The molecule has 39 heavy (non-hydrogen) atoms. The summed E-state index contributed by atoms with van der Waals surface area (Å²) in [6.07, 6.45) is 20.2. The molecule has 0 aromatic heterocycles. The summed E-state index contributed by atoms with van der Waals surface area (Å²) in [5, 5.41) is 0.663. The third kappa shape index (κ3) is 6.43. The number of unbranched alkanes of at least 4 members (excludes halogenated alkanes) is 9. The molecule has 2 nitrogen and oxygen atoms in total. The molecule has 8 heteroatoms. The van der Waals surface area contributed by atoms with Gasteiger partial charge in [-0.05, 0) is 68.6 Å². The van der Waals surface area contributed by atoms with E-state index >= 15 is 0 Å². The minimum atomic E-state index is -1.44. The third-order valence-corrected chi connectivity index (χ3v) is 14.7. The molecule has 4 fully saturated rings. The molecule has 4 bridgehead atoms. The average Bonchev–Trinajstić information content (AvgIpc) is 3.16. The van der Waals surface area contributed by atoms with Crippen LogP contribution in [0, 0.1) is 23.7 Å². The van der Waals surface area contributed by atoms with Crippen molar-refractivity contribution in [2.45, 2.75) is 137 Å². The molecule has 4 atom stereocenters. The van der Waals surface area contributed by atoms with Crippen molar-refractivity contribution in [2.24, 2.45) is 23.7 Å². The van der Waals surface area contributed by atoms with Crippen LogP contribution < -0.4 is 0 Å². The maximum atomic E-state index is 12.8. The van der Waals surface area contributed by atoms with Crippen LogP contribution in [-0.4, -0.2) is 38.0 Å². The number of rotatable bonds is 15. The maximum absolute atomic E-state index is 12.8. The molecule has 0 radical (unpaired) electrons. The Kier molecular flexibility index (Phi) is 11.9. The van der Waals surface area contributed by atoms with Crippen LogP contribution in [0.25, 0.3) is 0 Å². The van der Waals surface area contributed by atoms with E-state index in [4.69, 9.17) is 69.6 Å². The van der Waals surface area contributed by atoms with Gasteiger partial charge in [-0.25, -0.2) is 0 Å². The van der Waals surface area contributed by atoms with Gasteiger partial charge in [-0.1, -0.05) is 118 Å². The van der Waals surface area contributed by atoms with E-state index in [-0.39, 0.29) is 11.8 Å². The Bertz CT molecular complexity index is 857. The van der Waals surface area contributed by atoms with Gasteiger partial charge in [0, 0.05) is 19.5 Å². The summed E-state index contributed by atoms with van der Waals surface area (Å²) in [5.41, 5.74) is 0. The minimum Gasteiger partial charge on any atom is -0.342 e. The number of nitrogens with zero attached hydrogens (tertiary/aromatic N) is 1. The number of hydrogen-bond donors (Lipinski definition) is 0. The summed E-state index contributed by atoms with van der Waals surface area (Å²) >= 11 is 41.6. The van der Waals surface area contributed by atoms with Crippen molar-refractivity contribution < 1.29 is 4.79 Å². The second kappa shape index (κ2) is 14.2. The molecule has 2 aliphatic heterocycles. The molecular formula is C31H47Cl6NO. The summed E-state index contributed by atoms with van der Waals surface area (Å²) in [4.78, 5) is 12.7. The predicted molar refractivity (Wildman–Crippen MR) is 170 cm³/mol. The van der Waals surface area contributed by atoms with Gasteiger partial charge in [0.1, 0.15) is 9.75 Å². The zero-order valence-corrected chi connectivity index (χ0v) is 28.1. The highest BCUT2D eigenvalue weighted by Crippen LogP contribution is 2.77. The second-order valence-corrected chi connectivity index (χ2v) is 16.2. The first kappa shape index (κ1) is 32.9. The van der Waals surface area contributed by atoms with Gasteiger partial charge in [0.05, 0.1) is 10.1 Å². The number of amides is 1. The predicted octanol–water partition coefficient (Wildman–Crippen LogP) is 11.2. The first-order chi connectivity index (χ1) is 18.6. The van der Waals surface area contributed by atoms with Gasteiger partial charge >= 0.3 is 0 Å². The molecule has 224 valence electrons. The fourth-order valence-corrected chi connectivity index (χ4v) is 11.1. The van der Waals surface area contributed by atoms with Gasteiger partial charge in [0.15, 0.2) is 4.33 Å². The Balaban J connectivity index is 1.23.